The van der Waals surface area contributed by atoms with Gasteiger partial charge in [-0.2, -0.15) is 5.09 Å². The maximum Gasteiger partial charge on any atom is 0.439 e. The number of aromatic nitrogens is 3. The van der Waals surface area contributed by atoms with Crippen LogP contribution in [0, 0.1) is 0 Å². The minimum atomic E-state index is -4.89. The summed E-state index contributed by atoms with van der Waals surface area (Å²) in [6, 6.07) is 17.6. The van der Waals surface area contributed by atoms with Crippen molar-refractivity contribution >= 4 is 27.6 Å². The molecule has 4 rings (SSSR count). The number of ether oxygens (including phenoxy) is 1. The van der Waals surface area contributed by atoms with E-state index in [-0.39, 0.29) is 23.0 Å². The van der Waals surface area contributed by atoms with Crippen molar-refractivity contribution < 1.29 is 33.1 Å². The summed E-state index contributed by atoms with van der Waals surface area (Å²) in [5, 5.41) is 6.16. The van der Waals surface area contributed by atoms with Gasteiger partial charge in [0, 0.05) is 31.8 Å². The molecule has 2 atom stereocenters. The lowest BCUT2D eigenvalue weighted by Crippen LogP contribution is -2.22. The second-order valence-electron chi connectivity index (χ2n) is 7.59. The van der Waals surface area contributed by atoms with Crippen LogP contribution in [-0.4, -0.2) is 27.1 Å². The average Bonchev–Trinajstić information content (AvgIpc) is 3.31. The Labute approximate surface area is 206 Å². The largest absolute Gasteiger partial charge is 0.762 e. The molecule has 0 bridgehead atoms. The molecular formula is C22H20N5O7P2-. The fourth-order valence-electron chi connectivity index (χ4n) is 3.19. The summed E-state index contributed by atoms with van der Waals surface area (Å²) in [7, 11) is -6.93. The number of hydrogen-bond acceptors (Lipinski definition) is 9. The highest BCUT2D eigenvalue weighted by molar-refractivity contribution is 7.52. The van der Waals surface area contributed by atoms with E-state index < -0.39 is 15.9 Å². The Morgan fingerprint density at radius 3 is 2.61 bits per heavy atom. The molecule has 14 heteroatoms. The number of hydrogen-bond donors (Lipinski definition) is 2. The summed E-state index contributed by atoms with van der Waals surface area (Å²) in [6.07, 6.45) is 2.04. The molecule has 0 fully saturated rings. The maximum absolute atomic E-state index is 11.4. The Hall–Kier alpha value is -3.66. The van der Waals surface area contributed by atoms with E-state index in [1.54, 1.807) is 18.3 Å². The van der Waals surface area contributed by atoms with Gasteiger partial charge in [0.1, 0.15) is 12.4 Å². The van der Waals surface area contributed by atoms with Crippen LogP contribution in [0.3, 0.4) is 0 Å². The Morgan fingerprint density at radius 1 is 1.17 bits per heavy atom. The van der Waals surface area contributed by atoms with E-state index in [9.17, 15) is 23.8 Å². The van der Waals surface area contributed by atoms with Gasteiger partial charge in [-0.1, -0.05) is 41.6 Å². The van der Waals surface area contributed by atoms with Crippen molar-refractivity contribution in [2.24, 2.45) is 0 Å². The molecule has 0 aliphatic heterocycles. The van der Waals surface area contributed by atoms with Crippen molar-refractivity contribution in [3.8, 4) is 17.2 Å². The summed E-state index contributed by atoms with van der Waals surface area (Å²) >= 11 is 0. The van der Waals surface area contributed by atoms with Crippen LogP contribution in [0.4, 0.5) is 11.6 Å². The topological polar surface area (TPSA) is 177 Å². The molecule has 0 saturated heterocycles. The first-order chi connectivity index (χ1) is 17.2. The SMILES string of the molecule is CN(c1ccc(-c2cc(Cc3ccc(OCc4ccccc4)nc3)no2)c(N[P+](=O)[O-])n1)P(=O)([O-])O. The second kappa shape index (κ2) is 10.9. The molecule has 0 aliphatic rings. The molecule has 12 nitrogen and oxygen atoms in total. The number of rotatable bonds is 10. The standard InChI is InChI=1S/C22H21N5O7P2/c1-27(36(30,31)32)20-9-8-18(22(24-20)26-35(28)29)19-12-17(25-34-19)11-16-7-10-21(23-13-16)33-14-15-5-3-2-4-6-15/h2-10,12-13H,11,14H2,1H3,(H2,30,31,32)(H,24,26,28,29)/p-1. The molecule has 186 valence electrons. The number of nitrogens with one attached hydrogen (secondary N) is 1. The molecular weight excluding hydrogens is 508 g/mol. The van der Waals surface area contributed by atoms with Crippen LogP contribution < -0.4 is 24.3 Å². The third-order valence-electron chi connectivity index (χ3n) is 5.03. The van der Waals surface area contributed by atoms with Crippen LogP contribution in [0.15, 0.2) is 71.4 Å². The molecule has 3 aromatic heterocycles. The van der Waals surface area contributed by atoms with E-state index in [0.29, 0.717) is 29.3 Å². The van der Waals surface area contributed by atoms with Gasteiger partial charge in [-0.15, -0.1) is 0 Å². The van der Waals surface area contributed by atoms with Crippen molar-refractivity contribution in [2.45, 2.75) is 13.0 Å². The summed E-state index contributed by atoms with van der Waals surface area (Å²) in [6.45, 7) is 0.401. The summed E-state index contributed by atoms with van der Waals surface area (Å²) < 4.78 is 34.3. The summed E-state index contributed by atoms with van der Waals surface area (Å²) in [5.41, 5.74) is 2.64. The van der Waals surface area contributed by atoms with E-state index in [2.05, 4.69) is 20.2 Å². The normalized spacial score (nSPS) is 13.1. The van der Waals surface area contributed by atoms with E-state index in [1.807, 2.05) is 36.4 Å². The minimum Gasteiger partial charge on any atom is -0.762 e. The lowest BCUT2D eigenvalue weighted by molar-refractivity contribution is -0.193. The fourth-order valence-corrected chi connectivity index (χ4v) is 3.91. The van der Waals surface area contributed by atoms with Gasteiger partial charge in [-0.05, 0) is 27.8 Å². The van der Waals surface area contributed by atoms with Crippen molar-refractivity contribution in [3.63, 3.8) is 0 Å². The van der Waals surface area contributed by atoms with Crippen LogP contribution >= 0.6 is 15.9 Å². The average molecular weight is 528 g/mol. The number of pyridine rings is 2. The zero-order valence-electron chi connectivity index (χ0n) is 18.8. The van der Waals surface area contributed by atoms with Crippen LogP contribution in [0.1, 0.15) is 16.8 Å². The molecule has 4 aromatic rings. The third kappa shape index (κ3) is 6.51. The first-order valence-electron chi connectivity index (χ1n) is 10.5. The molecule has 0 saturated carbocycles. The molecule has 0 spiro atoms. The van der Waals surface area contributed by atoms with Crippen molar-refractivity contribution in [1.29, 1.82) is 0 Å². The van der Waals surface area contributed by atoms with E-state index in [0.717, 1.165) is 18.2 Å². The number of nitrogens with zero attached hydrogens (tertiary/aromatic N) is 4. The highest BCUT2D eigenvalue weighted by Crippen LogP contribution is 2.39. The van der Waals surface area contributed by atoms with E-state index >= 15 is 0 Å². The van der Waals surface area contributed by atoms with E-state index in [1.165, 1.54) is 12.1 Å². The zero-order chi connectivity index (χ0) is 25.7. The predicted molar refractivity (Wildman–Crippen MR) is 127 cm³/mol. The first kappa shape index (κ1) is 25.4. The summed E-state index contributed by atoms with van der Waals surface area (Å²) in [5.74, 6) is 0.302. The molecule has 2 unspecified atom stereocenters. The Balaban J connectivity index is 1.48. The minimum absolute atomic E-state index is 0.187. The van der Waals surface area contributed by atoms with Gasteiger partial charge < -0.3 is 23.9 Å². The monoisotopic (exact) mass is 528 g/mol. The van der Waals surface area contributed by atoms with Crippen LogP contribution in [0.25, 0.3) is 11.3 Å². The lowest BCUT2D eigenvalue weighted by atomic mass is 10.1. The quantitative estimate of drug-likeness (QED) is 0.288. The Kier molecular flexibility index (Phi) is 7.73. The van der Waals surface area contributed by atoms with Gasteiger partial charge in [0.05, 0.1) is 11.3 Å². The van der Waals surface area contributed by atoms with E-state index in [4.69, 9.17) is 9.26 Å². The molecule has 36 heavy (non-hydrogen) atoms. The zero-order valence-corrected chi connectivity index (χ0v) is 20.6. The third-order valence-corrected chi connectivity index (χ3v) is 6.38. The highest BCUT2D eigenvalue weighted by Gasteiger charge is 2.20. The van der Waals surface area contributed by atoms with Gasteiger partial charge in [0.15, 0.2) is 11.6 Å². The highest BCUT2D eigenvalue weighted by atomic mass is 31.2. The van der Waals surface area contributed by atoms with Crippen LogP contribution in [0.2, 0.25) is 0 Å². The molecule has 1 aromatic carbocycles. The van der Waals surface area contributed by atoms with Gasteiger partial charge in [-0.25, -0.2) is 9.97 Å². The van der Waals surface area contributed by atoms with Crippen LogP contribution in [0.5, 0.6) is 5.88 Å². The maximum atomic E-state index is 11.4. The van der Waals surface area contributed by atoms with Gasteiger partial charge in [0.2, 0.25) is 13.6 Å². The van der Waals surface area contributed by atoms with Gasteiger partial charge >= 0.3 is 8.18 Å². The smallest absolute Gasteiger partial charge is 0.439 e. The first-order valence-corrected chi connectivity index (χ1v) is 13.2. The predicted octanol–water partition coefficient (Wildman–Crippen LogP) is 2.63. The Morgan fingerprint density at radius 2 is 1.94 bits per heavy atom. The molecule has 0 aliphatic carbocycles. The van der Waals surface area contributed by atoms with Gasteiger partial charge in [-0.3, -0.25) is 9.24 Å². The van der Waals surface area contributed by atoms with Crippen molar-refractivity contribution in [2.75, 3.05) is 16.8 Å². The second-order valence-corrected chi connectivity index (χ2v) is 9.91. The Bertz CT molecular complexity index is 1390. The number of anilines is 2. The summed E-state index contributed by atoms with van der Waals surface area (Å²) in [4.78, 5) is 40.2. The molecule has 0 radical (unpaired) electrons. The van der Waals surface area contributed by atoms with Crippen molar-refractivity contribution in [1.82, 2.24) is 15.1 Å². The molecule has 2 N–H and O–H groups in total. The number of benzene rings is 1. The fraction of sp³-hybridized carbons (Fsp3) is 0.136. The van der Waals surface area contributed by atoms with Crippen LogP contribution in [-0.2, 0) is 22.2 Å². The lowest BCUT2D eigenvalue weighted by Gasteiger charge is -2.28. The molecule has 0 amide bonds. The van der Waals surface area contributed by atoms with Crippen molar-refractivity contribution in [3.05, 3.63) is 83.7 Å². The van der Waals surface area contributed by atoms with Gasteiger partial charge in [0.25, 0.3) is 0 Å². The molecule has 3 heterocycles.